The lowest BCUT2D eigenvalue weighted by molar-refractivity contribution is 0.0929. The highest BCUT2D eigenvalue weighted by atomic mass is 35.5. The number of amides is 1. The molecule has 0 aliphatic carbocycles. The van der Waals surface area contributed by atoms with Crippen LogP contribution in [0.15, 0.2) is 74.6 Å². The Morgan fingerprint density at radius 2 is 1.85 bits per heavy atom. The van der Waals surface area contributed by atoms with Gasteiger partial charge in [-0.05, 0) is 36.4 Å². The molecule has 134 valence electrons. The highest BCUT2D eigenvalue weighted by Crippen LogP contribution is 2.34. The van der Waals surface area contributed by atoms with Gasteiger partial charge in [0.2, 0.25) is 0 Å². The van der Waals surface area contributed by atoms with Crippen LogP contribution in [0.3, 0.4) is 0 Å². The molecular formula is C20H12Cl2N2O3. The lowest BCUT2D eigenvalue weighted by Gasteiger charge is -2.01. The lowest BCUT2D eigenvalue weighted by Crippen LogP contribution is -2.16. The van der Waals surface area contributed by atoms with Crippen LogP contribution in [0.5, 0.6) is 0 Å². The Labute approximate surface area is 164 Å². The summed E-state index contributed by atoms with van der Waals surface area (Å²) in [4.78, 5) is 12.1. The maximum atomic E-state index is 12.1. The van der Waals surface area contributed by atoms with E-state index in [1.54, 1.807) is 42.5 Å². The molecule has 0 saturated heterocycles. The molecule has 7 heteroatoms. The van der Waals surface area contributed by atoms with Gasteiger partial charge < -0.3 is 8.83 Å². The van der Waals surface area contributed by atoms with Crippen molar-refractivity contribution < 1.29 is 13.6 Å². The normalized spacial score (nSPS) is 11.3. The van der Waals surface area contributed by atoms with E-state index in [4.69, 9.17) is 32.0 Å². The van der Waals surface area contributed by atoms with Crippen LogP contribution in [0.25, 0.3) is 22.3 Å². The van der Waals surface area contributed by atoms with Crippen LogP contribution in [-0.2, 0) is 0 Å². The number of fused-ring (bicyclic) bond motifs is 1. The predicted molar refractivity (Wildman–Crippen MR) is 105 cm³/mol. The average molecular weight is 399 g/mol. The number of benzene rings is 2. The van der Waals surface area contributed by atoms with Crippen LogP contribution in [0.4, 0.5) is 0 Å². The van der Waals surface area contributed by atoms with Gasteiger partial charge in [0.15, 0.2) is 5.76 Å². The predicted octanol–water partition coefficient (Wildman–Crippen LogP) is 5.76. The summed E-state index contributed by atoms with van der Waals surface area (Å²) >= 11 is 12.2. The second-order valence-corrected chi connectivity index (χ2v) is 6.44. The second kappa shape index (κ2) is 7.31. The summed E-state index contributed by atoms with van der Waals surface area (Å²) in [6.45, 7) is 0. The summed E-state index contributed by atoms with van der Waals surface area (Å²) in [6, 6.07) is 17.8. The minimum atomic E-state index is -0.452. The van der Waals surface area contributed by atoms with Crippen LogP contribution >= 0.6 is 23.2 Å². The highest BCUT2D eigenvalue weighted by molar-refractivity contribution is 6.43. The molecule has 0 radical (unpaired) electrons. The Hall–Kier alpha value is -3.02. The Morgan fingerprint density at radius 1 is 1.00 bits per heavy atom. The van der Waals surface area contributed by atoms with Crippen molar-refractivity contribution in [2.24, 2.45) is 5.10 Å². The molecule has 0 saturated carbocycles. The first-order chi connectivity index (χ1) is 13.1. The largest absolute Gasteiger partial charge is 0.455 e. The fraction of sp³-hybridized carbons (Fsp3) is 0. The summed E-state index contributed by atoms with van der Waals surface area (Å²) in [5.74, 6) is 0.727. The van der Waals surface area contributed by atoms with Gasteiger partial charge >= 0.3 is 5.91 Å². The van der Waals surface area contributed by atoms with Crippen LogP contribution in [0.2, 0.25) is 10.0 Å². The van der Waals surface area contributed by atoms with Crippen molar-refractivity contribution in [3.8, 4) is 11.3 Å². The van der Waals surface area contributed by atoms with Crippen molar-refractivity contribution in [2.75, 3.05) is 0 Å². The van der Waals surface area contributed by atoms with Gasteiger partial charge in [-0.1, -0.05) is 47.5 Å². The first-order valence-electron chi connectivity index (χ1n) is 7.98. The van der Waals surface area contributed by atoms with E-state index < -0.39 is 5.91 Å². The van der Waals surface area contributed by atoms with Gasteiger partial charge in [-0.3, -0.25) is 4.79 Å². The monoisotopic (exact) mass is 398 g/mol. The van der Waals surface area contributed by atoms with Crippen molar-refractivity contribution in [3.05, 3.63) is 82.2 Å². The molecule has 0 atom stereocenters. The quantitative estimate of drug-likeness (QED) is 0.350. The summed E-state index contributed by atoms with van der Waals surface area (Å²) in [5, 5.41) is 5.60. The number of furan rings is 2. The van der Waals surface area contributed by atoms with Gasteiger partial charge in [-0.2, -0.15) is 5.10 Å². The molecule has 4 rings (SSSR count). The maximum absolute atomic E-state index is 12.1. The van der Waals surface area contributed by atoms with Gasteiger partial charge in [0, 0.05) is 10.9 Å². The third-order valence-corrected chi connectivity index (χ3v) is 4.67. The minimum Gasteiger partial charge on any atom is -0.455 e. The molecule has 0 spiro atoms. The van der Waals surface area contributed by atoms with Crippen molar-refractivity contribution in [3.63, 3.8) is 0 Å². The van der Waals surface area contributed by atoms with Crippen molar-refractivity contribution >= 4 is 46.3 Å². The maximum Gasteiger partial charge on any atom is 0.307 e. The number of hydrogen-bond donors (Lipinski definition) is 1. The van der Waals surface area contributed by atoms with Crippen molar-refractivity contribution in [1.82, 2.24) is 5.43 Å². The van der Waals surface area contributed by atoms with Crippen LogP contribution in [0.1, 0.15) is 16.3 Å². The first-order valence-corrected chi connectivity index (χ1v) is 8.73. The zero-order valence-corrected chi connectivity index (χ0v) is 15.3. The van der Waals surface area contributed by atoms with E-state index in [0.29, 0.717) is 32.7 Å². The number of hydrogen-bond acceptors (Lipinski definition) is 4. The third kappa shape index (κ3) is 3.60. The molecule has 1 N–H and O–H groups in total. The topological polar surface area (TPSA) is 67.7 Å². The molecule has 2 aromatic heterocycles. The fourth-order valence-corrected chi connectivity index (χ4v) is 2.96. The number of nitrogens with one attached hydrogen (secondary N) is 1. The van der Waals surface area contributed by atoms with E-state index in [0.717, 1.165) is 5.39 Å². The standard InChI is InChI=1S/C20H12Cl2N2O3/c21-15-6-3-5-14(19(15)22)17-9-8-13(26-17)11-23-24-20(25)18-10-12-4-1-2-7-16(12)27-18/h1-11H,(H,24,25)/b23-11-. The molecule has 27 heavy (non-hydrogen) atoms. The molecule has 5 nitrogen and oxygen atoms in total. The highest BCUT2D eigenvalue weighted by Gasteiger charge is 2.12. The van der Waals surface area contributed by atoms with Crippen LogP contribution in [0, 0.1) is 0 Å². The molecule has 4 aromatic rings. The van der Waals surface area contributed by atoms with E-state index in [2.05, 4.69) is 10.5 Å². The summed E-state index contributed by atoms with van der Waals surface area (Å²) in [7, 11) is 0. The van der Waals surface area contributed by atoms with Crippen molar-refractivity contribution in [2.45, 2.75) is 0 Å². The molecule has 2 heterocycles. The fourth-order valence-electron chi connectivity index (χ4n) is 2.56. The summed E-state index contributed by atoms with van der Waals surface area (Å²) < 4.78 is 11.2. The van der Waals surface area contributed by atoms with E-state index in [1.165, 1.54) is 6.21 Å². The van der Waals surface area contributed by atoms with Gasteiger partial charge in [-0.15, -0.1) is 0 Å². The van der Waals surface area contributed by atoms with Gasteiger partial charge in [0.25, 0.3) is 0 Å². The summed E-state index contributed by atoms with van der Waals surface area (Å²) in [6.07, 6.45) is 1.39. The molecule has 0 aliphatic heterocycles. The third-order valence-electron chi connectivity index (χ3n) is 3.85. The Morgan fingerprint density at radius 3 is 2.70 bits per heavy atom. The zero-order chi connectivity index (χ0) is 18.8. The number of para-hydroxylation sites is 1. The van der Waals surface area contributed by atoms with E-state index >= 15 is 0 Å². The van der Waals surface area contributed by atoms with Gasteiger partial charge in [0.05, 0.1) is 16.3 Å². The molecule has 1 amide bonds. The Kier molecular flexibility index (Phi) is 4.71. The van der Waals surface area contributed by atoms with E-state index in [1.807, 2.05) is 18.2 Å². The number of rotatable bonds is 4. The van der Waals surface area contributed by atoms with E-state index in [9.17, 15) is 4.79 Å². The molecule has 0 aliphatic rings. The lowest BCUT2D eigenvalue weighted by atomic mass is 10.2. The smallest absolute Gasteiger partial charge is 0.307 e. The number of carbonyl (C=O) groups excluding carboxylic acids is 1. The second-order valence-electron chi connectivity index (χ2n) is 5.65. The van der Waals surface area contributed by atoms with Crippen molar-refractivity contribution in [1.29, 1.82) is 0 Å². The molecule has 2 aromatic carbocycles. The number of carbonyl (C=O) groups is 1. The van der Waals surface area contributed by atoms with Gasteiger partial charge in [-0.25, -0.2) is 5.43 Å². The Bertz CT molecular complexity index is 1130. The molecule has 0 bridgehead atoms. The number of hydrazone groups is 1. The number of nitrogens with zero attached hydrogens (tertiary/aromatic N) is 1. The zero-order valence-electron chi connectivity index (χ0n) is 13.8. The summed E-state index contributed by atoms with van der Waals surface area (Å²) in [5.41, 5.74) is 3.72. The average Bonchev–Trinajstić information content (AvgIpc) is 3.31. The first kappa shape index (κ1) is 17.4. The SMILES string of the molecule is O=C(N/N=C\c1ccc(-c2cccc(Cl)c2Cl)o1)c1cc2ccccc2o1. The molecule has 0 unspecified atom stereocenters. The minimum absolute atomic E-state index is 0.180. The molecular weight excluding hydrogens is 387 g/mol. The molecule has 0 fully saturated rings. The van der Waals surface area contributed by atoms with Gasteiger partial charge in [0.1, 0.15) is 17.1 Å². The van der Waals surface area contributed by atoms with Crippen LogP contribution in [-0.4, -0.2) is 12.1 Å². The van der Waals surface area contributed by atoms with E-state index in [-0.39, 0.29) is 5.76 Å². The van der Waals surface area contributed by atoms with Crippen LogP contribution < -0.4 is 5.43 Å². The number of halogens is 2. The Balaban J connectivity index is 1.46.